The van der Waals surface area contributed by atoms with Crippen molar-refractivity contribution < 1.29 is 4.79 Å². The van der Waals surface area contributed by atoms with Gasteiger partial charge < -0.3 is 5.32 Å². The highest BCUT2D eigenvalue weighted by Crippen LogP contribution is 2.37. The minimum Gasteiger partial charge on any atom is -0.349 e. The Balaban J connectivity index is 1.83. The second-order valence-electron chi connectivity index (χ2n) is 6.31. The molecule has 4 heteroatoms. The van der Waals surface area contributed by atoms with E-state index in [1.807, 2.05) is 18.2 Å². The van der Waals surface area contributed by atoms with Gasteiger partial charge in [0.2, 0.25) is 0 Å². The van der Waals surface area contributed by atoms with E-state index < -0.39 is 0 Å². The Bertz CT molecular complexity index is 646. The first-order valence-corrected chi connectivity index (χ1v) is 7.06. The Morgan fingerprint density at radius 1 is 1.30 bits per heavy atom. The molecule has 20 heavy (non-hydrogen) atoms. The number of amides is 1. The van der Waals surface area contributed by atoms with Crippen molar-refractivity contribution >= 4 is 16.9 Å². The van der Waals surface area contributed by atoms with Gasteiger partial charge in [-0.2, -0.15) is 0 Å². The average Bonchev–Trinajstić information content (AvgIpc) is 2.77. The van der Waals surface area contributed by atoms with Crippen molar-refractivity contribution in [2.75, 3.05) is 0 Å². The van der Waals surface area contributed by atoms with Crippen molar-refractivity contribution in [1.82, 2.24) is 15.3 Å². The molecular formula is C16H19N3O. The molecule has 1 amide bonds. The van der Waals surface area contributed by atoms with Crippen LogP contribution in [-0.2, 0) is 0 Å². The highest BCUT2D eigenvalue weighted by molar-refractivity contribution is 6.04. The molecule has 0 aliphatic heterocycles. The highest BCUT2D eigenvalue weighted by Gasteiger charge is 2.32. The summed E-state index contributed by atoms with van der Waals surface area (Å²) in [7, 11) is 0. The zero-order valence-electron chi connectivity index (χ0n) is 11.9. The van der Waals surface area contributed by atoms with Crippen LogP contribution >= 0.6 is 0 Å². The second-order valence-corrected chi connectivity index (χ2v) is 6.31. The van der Waals surface area contributed by atoms with Crippen LogP contribution in [0.3, 0.4) is 0 Å². The molecule has 1 aliphatic rings. The first kappa shape index (κ1) is 13.0. The molecule has 3 rings (SSSR count). The lowest BCUT2D eigenvalue weighted by Gasteiger charge is -2.18. The van der Waals surface area contributed by atoms with Gasteiger partial charge in [0.1, 0.15) is 5.52 Å². The molecule has 1 N–H and O–H groups in total. The summed E-state index contributed by atoms with van der Waals surface area (Å²) in [5.41, 5.74) is 2.37. The monoisotopic (exact) mass is 269 g/mol. The molecule has 1 atom stereocenters. The maximum absolute atomic E-state index is 12.4. The third-order valence-corrected chi connectivity index (χ3v) is 4.05. The molecule has 1 aromatic heterocycles. The molecule has 0 spiro atoms. The third-order valence-electron chi connectivity index (χ3n) is 4.05. The highest BCUT2D eigenvalue weighted by atomic mass is 16.1. The summed E-state index contributed by atoms with van der Waals surface area (Å²) in [5, 5.41) is 3.14. The summed E-state index contributed by atoms with van der Waals surface area (Å²) in [6.45, 7) is 4.51. The largest absolute Gasteiger partial charge is 0.349 e. The van der Waals surface area contributed by atoms with Gasteiger partial charge in [-0.1, -0.05) is 19.9 Å². The minimum atomic E-state index is -0.0428. The lowest BCUT2D eigenvalue weighted by molar-refractivity contribution is 0.0937. The fourth-order valence-corrected chi connectivity index (χ4v) is 3.00. The van der Waals surface area contributed by atoms with E-state index in [4.69, 9.17) is 0 Å². The van der Waals surface area contributed by atoms with Gasteiger partial charge in [0.15, 0.2) is 0 Å². The molecule has 1 saturated carbocycles. The number of benzene rings is 1. The lowest BCUT2D eigenvalue weighted by atomic mass is 9.92. The van der Waals surface area contributed by atoms with Gasteiger partial charge in [-0.05, 0) is 36.8 Å². The molecule has 104 valence electrons. The summed E-state index contributed by atoms with van der Waals surface area (Å²) in [6.07, 6.45) is 6.51. The SMILES string of the molecule is CC1(C)CCC(NC(=O)c2cccc3nccnc23)C1. The molecular weight excluding hydrogens is 250 g/mol. The topological polar surface area (TPSA) is 54.9 Å². The predicted octanol–water partition coefficient (Wildman–Crippen LogP) is 2.94. The van der Waals surface area contributed by atoms with E-state index in [9.17, 15) is 4.79 Å². The summed E-state index contributed by atoms with van der Waals surface area (Å²) in [4.78, 5) is 21.0. The quantitative estimate of drug-likeness (QED) is 0.912. The van der Waals surface area contributed by atoms with E-state index in [2.05, 4.69) is 29.1 Å². The Hall–Kier alpha value is -1.97. The molecule has 1 aromatic carbocycles. The van der Waals surface area contributed by atoms with E-state index in [1.165, 1.54) is 0 Å². The van der Waals surface area contributed by atoms with Gasteiger partial charge in [-0.15, -0.1) is 0 Å². The molecule has 2 aromatic rings. The Morgan fingerprint density at radius 2 is 2.10 bits per heavy atom. The number of carbonyl (C=O) groups excluding carboxylic acids is 1. The number of para-hydroxylation sites is 1. The van der Waals surface area contributed by atoms with Gasteiger partial charge in [-0.25, -0.2) is 0 Å². The molecule has 0 saturated heterocycles. The van der Waals surface area contributed by atoms with Crippen LogP contribution < -0.4 is 5.32 Å². The van der Waals surface area contributed by atoms with Crippen molar-refractivity contribution in [3.63, 3.8) is 0 Å². The summed E-state index contributed by atoms with van der Waals surface area (Å²) >= 11 is 0. The van der Waals surface area contributed by atoms with Crippen LogP contribution in [0, 0.1) is 5.41 Å². The van der Waals surface area contributed by atoms with Crippen molar-refractivity contribution in [3.8, 4) is 0 Å². The predicted molar refractivity (Wildman–Crippen MR) is 78.4 cm³/mol. The second kappa shape index (κ2) is 4.85. The fourth-order valence-electron chi connectivity index (χ4n) is 3.00. The number of rotatable bonds is 2. The average molecular weight is 269 g/mol. The first-order valence-electron chi connectivity index (χ1n) is 7.06. The summed E-state index contributed by atoms with van der Waals surface area (Å²) in [6, 6.07) is 5.80. The zero-order chi connectivity index (χ0) is 14.2. The number of aromatic nitrogens is 2. The van der Waals surface area contributed by atoms with E-state index in [0.717, 1.165) is 24.8 Å². The van der Waals surface area contributed by atoms with Crippen LogP contribution in [0.1, 0.15) is 43.5 Å². The molecule has 1 heterocycles. The van der Waals surface area contributed by atoms with Gasteiger partial charge in [0.05, 0.1) is 11.1 Å². The van der Waals surface area contributed by atoms with E-state index in [0.29, 0.717) is 16.5 Å². The van der Waals surface area contributed by atoms with Gasteiger partial charge in [-0.3, -0.25) is 14.8 Å². The van der Waals surface area contributed by atoms with E-state index in [-0.39, 0.29) is 11.9 Å². The Morgan fingerprint density at radius 3 is 2.85 bits per heavy atom. The molecule has 1 fully saturated rings. The van der Waals surface area contributed by atoms with Gasteiger partial charge in [0, 0.05) is 18.4 Å². The van der Waals surface area contributed by atoms with Crippen molar-refractivity contribution in [3.05, 3.63) is 36.2 Å². The maximum atomic E-state index is 12.4. The van der Waals surface area contributed by atoms with E-state index >= 15 is 0 Å². The Kier molecular flexibility index (Phi) is 3.16. The van der Waals surface area contributed by atoms with Crippen molar-refractivity contribution in [2.45, 2.75) is 39.2 Å². The number of hydrogen-bond acceptors (Lipinski definition) is 3. The van der Waals surface area contributed by atoms with Crippen LogP contribution in [-0.4, -0.2) is 21.9 Å². The summed E-state index contributed by atoms with van der Waals surface area (Å²) in [5.74, 6) is -0.0428. The normalized spacial score (nSPS) is 21.0. The van der Waals surface area contributed by atoms with Gasteiger partial charge in [0.25, 0.3) is 5.91 Å². The van der Waals surface area contributed by atoms with Crippen molar-refractivity contribution in [1.29, 1.82) is 0 Å². The van der Waals surface area contributed by atoms with Crippen LogP contribution in [0.4, 0.5) is 0 Å². The summed E-state index contributed by atoms with van der Waals surface area (Å²) < 4.78 is 0. The van der Waals surface area contributed by atoms with E-state index in [1.54, 1.807) is 12.4 Å². The van der Waals surface area contributed by atoms with Crippen molar-refractivity contribution in [2.24, 2.45) is 5.41 Å². The number of nitrogens with zero attached hydrogens (tertiary/aromatic N) is 2. The number of nitrogens with one attached hydrogen (secondary N) is 1. The standard InChI is InChI=1S/C16H19N3O/c1-16(2)7-6-11(10-16)19-15(20)12-4-3-5-13-14(12)18-9-8-17-13/h3-5,8-9,11H,6-7,10H2,1-2H3,(H,19,20). The van der Waals surface area contributed by atoms with Crippen LogP contribution in [0.5, 0.6) is 0 Å². The van der Waals surface area contributed by atoms with Crippen LogP contribution in [0.25, 0.3) is 11.0 Å². The van der Waals surface area contributed by atoms with Crippen LogP contribution in [0.2, 0.25) is 0 Å². The number of fused-ring (bicyclic) bond motifs is 1. The first-order chi connectivity index (χ1) is 9.55. The zero-order valence-corrected chi connectivity index (χ0v) is 11.9. The number of hydrogen-bond donors (Lipinski definition) is 1. The lowest BCUT2D eigenvalue weighted by Crippen LogP contribution is -2.33. The fraction of sp³-hybridized carbons (Fsp3) is 0.438. The molecule has 1 aliphatic carbocycles. The van der Waals surface area contributed by atoms with Gasteiger partial charge >= 0.3 is 0 Å². The smallest absolute Gasteiger partial charge is 0.253 e. The maximum Gasteiger partial charge on any atom is 0.253 e. The molecule has 0 radical (unpaired) electrons. The molecule has 4 nitrogen and oxygen atoms in total. The minimum absolute atomic E-state index is 0.0428. The molecule has 1 unspecified atom stereocenters. The van der Waals surface area contributed by atoms with Crippen LogP contribution in [0.15, 0.2) is 30.6 Å². The third kappa shape index (κ3) is 2.50. The number of carbonyl (C=O) groups is 1. The Labute approximate surface area is 118 Å². The molecule has 0 bridgehead atoms.